The van der Waals surface area contributed by atoms with Gasteiger partial charge in [-0.05, 0) is 36.6 Å². The molecule has 0 aromatic heterocycles. The lowest BCUT2D eigenvalue weighted by Crippen LogP contribution is -2.04. The zero-order chi connectivity index (χ0) is 11.4. The quantitative estimate of drug-likeness (QED) is 0.692. The van der Waals surface area contributed by atoms with E-state index in [2.05, 4.69) is 10.8 Å². The average molecular weight is 203 g/mol. The Bertz CT molecular complexity index is 430. The maximum Gasteiger partial charge on any atom is 0.337 e. The minimum Gasteiger partial charge on any atom is -0.465 e. The Hall–Kier alpha value is -1.82. The number of aryl methyl sites for hydroxylation is 2. The molecule has 0 aliphatic carbocycles. The van der Waals surface area contributed by atoms with Gasteiger partial charge in [0.2, 0.25) is 0 Å². The van der Waals surface area contributed by atoms with Crippen molar-refractivity contribution >= 4 is 5.97 Å². The number of methoxy groups -OCH3 is 1. The van der Waals surface area contributed by atoms with Crippen LogP contribution in [0.2, 0.25) is 0 Å². The molecule has 0 saturated carbocycles. The van der Waals surface area contributed by atoms with Crippen molar-refractivity contribution < 1.29 is 9.53 Å². The first kappa shape index (κ1) is 11.3. The molecule has 0 heterocycles. The van der Waals surface area contributed by atoms with Crippen LogP contribution in [0.5, 0.6) is 0 Å². The minimum absolute atomic E-state index is 0.364. The number of ether oxygens (including phenoxy) is 1. The van der Waals surface area contributed by atoms with E-state index in [4.69, 9.17) is 5.26 Å². The third-order valence-electron chi connectivity index (χ3n) is 2.33. The van der Waals surface area contributed by atoms with E-state index in [1.54, 1.807) is 12.1 Å². The van der Waals surface area contributed by atoms with Gasteiger partial charge in [0.15, 0.2) is 0 Å². The molecule has 0 aliphatic rings. The van der Waals surface area contributed by atoms with E-state index in [-0.39, 0.29) is 5.97 Å². The maximum atomic E-state index is 11.3. The Balaban J connectivity index is 3.33. The van der Waals surface area contributed by atoms with Crippen LogP contribution < -0.4 is 0 Å². The van der Waals surface area contributed by atoms with Gasteiger partial charge in [-0.25, -0.2) is 4.79 Å². The topological polar surface area (TPSA) is 50.1 Å². The number of hydrogen-bond acceptors (Lipinski definition) is 3. The van der Waals surface area contributed by atoms with E-state index in [9.17, 15) is 4.79 Å². The Morgan fingerprint density at radius 3 is 2.67 bits per heavy atom. The molecule has 0 atom stereocenters. The van der Waals surface area contributed by atoms with Gasteiger partial charge in [-0.3, -0.25) is 0 Å². The van der Waals surface area contributed by atoms with Gasteiger partial charge in [0.25, 0.3) is 0 Å². The van der Waals surface area contributed by atoms with Crippen molar-refractivity contribution in [2.45, 2.75) is 20.3 Å². The van der Waals surface area contributed by atoms with Gasteiger partial charge in [0, 0.05) is 0 Å². The predicted octanol–water partition coefficient (Wildman–Crippen LogP) is 2.22. The lowest BCUT2D eigenvalue weighted by molar-refractivity contribution is 0.0600. The third-order valence-corrected chi connectivity index (χ3v) is 2.33. The summed E-state index contributed by atoms with van der Waals surface area (Å²) < 4.78 is 4.64. The predicted molar refractivity (Wildman–Crippen MR) is 56.6 cm³/mol. The maximum absolute atomic E-state index is 11.3. The lowest BCUT2D eigenvalue weighted by atomic mass is 9.98. The highest BCUT2D eigenvalue weighted by Gasteiger charge is 2.11. The second-order valence-electron chi connectivity index (χ2n) is 3.28. The van der Waals surface area contributed by atoms with Crippen molar-refractivity contribution in [3.63, 3.8) is 0 Å². The average Bonchev–Trinajstić information content (AvgIpc) is 2.26. The summed E-state index contributed by atoms with van der Waals surface area (Å²) >= 11 is 0. The van der Waals surface area contributed by atoms with Crippen LogP contribution in [0.15, 0.2) is 12.1 Å². The molecule has 78 valence electrons. The zero-order valence-corrected chi connectivity index (χ0v) is 9.13. The highest BCUT2D eigenvalue weighted by molar-refractivity contribution is 5.90. The van der Waals surface area contributed by atoms with Crippen molar-refractivity contribution in [1.29, 1.82) is 5.26 Å². The van der Waals surface area contributed by atoms with Crippen molar-refractivity contribution in [2.24, 2.45) is 0 Å². The van der Waals surface area contributed by atoms with E-state index >= 15 is 0 Å². The Morgan fingerprint density at radius 2 is 2.20 bits per heavy atom. The van der Waals surface area contributed by atoms with Crippen LogP contribution in [0.25, 0.3) is 0 Å². The number of nitriles is 1. The van der Waals surface area contributed by atoms with Gasteiger partial charge in [-0.15, -0.1) is 0 Å². The summed E-state index contributed by atoms with van der Waals surface area (Å²) in [5.74, 6) is -0.364. The summed E-state index contributed by atoms with van der Waals surface area (Å²) in [6.07, 6.45) is 0.731. The fourth-order valence-electron chi connectivity index (χ4n) is 1.53. The summed E-state index contributed by atoms with van der Waals surface area (Å²) in [5, 5.41) is 8.95. The number of nitrogens with zero attached hydrogens (tertiary/aromatic N) is 1. The van der Waals surface area contributed by atoms with Gasteiger partial charge < -0.3 is 4.74 Å². The molecule has 1 aromatic rings. The van der Waals surface area contributed by atoms with Crippen molar-refractivity contribution in [1.82, 2.24) is 0 Å². The van der Waals surface area contributed by atoms with Gasteiger partial charge >= 0.3 is 5.97 Å². The molecule has 0 fully saturated rings. The third kappa shape index (κ3) is 2.16. The van der Waals surface area contributed by atoms with Crippen molar-refractivity contribution in [3.8, 4) is 6.07 Å². The Kier molecular flexibility index (Phi) is 3.46. The highest BCUT2D eigenvalue weighted by atomic mass is 16.5. The number of carbonyl (C=O) groups excluding carboxylic acids is 1. The molecule has 1 rings (SSSR count). The standard InChI is InChI=1S/C12H13NO2/c1-4-9-6-10(12(14)15-3)5-8(2)11(9)7-13/h5-6H,4H2,1-3H3. The second-order valence-corrected chi connectivity index (χ2v) is 3.28. The van der Waals surface area contributed by atoms with Crippen LogP contribution in [0.4, 0.5) is 0 Å². The Labute approximate surface area is 89.3 Å². The zero-order valence-electron chi connectivity index (χ0n) is 9.13. The van der Waals surface area contributed by atoms with Crippen LogP contribution in [0.3, 0.4) is 0 Å². The summed E-state index contributed by atoms with van der Waals surface area (Å²) in [4.78, 5) is 11.3. The molecule has 0 N–H and O–H groups in total. The van der Waals surface area contributed by atoms with Crippen LogP contribution in [0, 0.1) is 18.3 Å². The molecule has 3 nitrogen and oxygen atoms in total. The summed E-state index contributed by atoms with van der Waals surface area (Å²) in [6.45, 7) is 3.78. The number of esters is 1. The van der Waals surface area contributed by atoms with Gasteiger partial charge in [-0.1, -0.05) is 6.92 Å². The molecule has 0 unspecified atom stereocenters. The highest BCUT2D eigenvalue weighted by Crippen LogP contribution is 2.17. The van der Waals surface area contributed by atoms with Gasteiger partial charge in [0.1, 0.15) is 0 Å². The van der Waals surface area contributed by atoms with Crippen LogP contribution in [0.1, 0.15) is 34.0 Å². The first-order chi connectivity index (χ1) is 7.13. The smallest absolute Gasteiger partial charge is 0.337 e. The van der Waals surface area contributed by atoms with Crippen LogP contribution in [-0.2, 0) is 11.2 Å². The van der Waals surface area contributed by atoms with E-state index in [0.717, 1.165) is 17.5 Å². The fourth-order valence-corrected chi connectivity index (χ4v) is 1.53. The van der Waals surface area contributed by atoms with E-state index in [1.807, 2.05) is 13.8 Å². The number of carbonyl (C=O) groups is 1. The van der Waals surface area contributed by atoms with Crippen molar-refractivity contribution in [3.05, 3.63) is 34.4 Å². The van der Waals surface area contributed by atoms with E-state index < -0.39 is 0 Å². The SMILES string of the molecule is CCc1cc(C(=O)OC)cc(C)c1C#N. The van der Waals surface area contributed by atoms with Crippen LogP contribution in [-0.4, -0.2) is 13.1 Å². The minimum atomic E-state index is -0.364. The molecule has 3 heteroatoms. The second kappa shape index (κ2) is 4.61. The molecular formula is C12H13NO2. The monoisotopic (exact) mass is 203 g/mol. The normalized spacial score (nSPS) is 9.47. The summed E-state index contributed by atoms with van der Waals surface area (Å²) in [5.41, 5.74) is 2.87. The molecule has 15 heavy (non-hydrogen) atoms. The fraction of sp³-hybridized carbons (Fsp3) is 0.333. The first-order valence-electron chi connectivity index (χ1n) is 4.76. The molecule has 0 aliphatic heterocycles. The molecular weight excluding hydrogens is 190 g/mol. The van der Waals surface area contributed by atoms with Crippen molar-refractivity contribution in [2.75, 3.05) is 7.11 Å². The molecule has 1 aromatic carbocycles. The summed E-state index contributed by atoms with van der Waals surface area (Å²) in [6, 6.07) is 5.55. The molecule has 0 amide bonds. The van der Waals surface area contributed by atoms with Crippen LogP contribution >= 0.6 is 0 Å². The summed E-state index contributed by atoms with van der Waals surface area (Å²) in [7, 11) is 1.35. The first-order valence-corrected chi connectivity index (χ1v) is 4.76. The number of hydrogen-bond donors (Lipinski definition) is 0. The number of rotatable bonds is 2. The molecule has 0 spiro atoms. The van der Waals surface area contributed by atoms with E-state index in [0.29, 0.717) is 11.1 Å². The van der Waals surface area contributed by atoms with Gasteiger partial charge in [-0.2, -0.15) is 5.26 Å². The Morgan fingerprint density at radius 1 is 1.53 bits per heavy atom. The molecule has 0 bridgehead atoms. The number of benzene rings is 1. The molecule has 0 saturated heterocycles. The lowest BCUT2D eigenvalue weighted by Gasteiger charge is -2.07. The van der Waals surface area contributed by atoms with Gasteiger partial charge in [0.05, 0.1) is 24.3 Å². The van der Waals surface area contributed by atoms with E-state index in [1.165, 1.54) is 7.11 Å². The largest absolute Gasteiger partial charge is 0.465 e. The molecule has 0 radical (unpaired) electrons.